The second kappa shape index (κ2) is 8.86. The third-order valence-corrected chi connectivity index (χ3v) is 4.73. The average Bonchev–Trinajstić information content (AvgIpc) is 3.12. The number of benzene rings is 1. The molecule has 0 amide bonds. The quantitative estimate of drug-likeness (QED) is 0.632. The molecule has 0 spiro atoms. The summed E-state index contributed by atoms with van der Waals surface area (Å²) in [7, 11) is 0. The molecule has 1 aromatic rings. The molecule has 0 aromatic heterocycles. The van der Waals surface area contributed by atoms with E-state index in [2.05, 4.69) is 6.92 Å². The zero-order chi connectivity index (χ0) is 19.4. The van der Waals surface area contributed by atoms with Crippen LogP contribution in [0.1, 0.15) is 39.2 Å². The Morgan fingerprint density at radius 3 is 2.59 bits per heavy atom. The van der Waals surface area contributed by atoms with E-state index < -0.39 is 43.1 Å². The normalized spacial score (nSPS) is 30.3. The standard InChI is InChI=1S/C20H30O7/c1-4-5-10-23-14-8-6-13(7-9-14)12-24-17-16(15(22)11-21)25-19-18(17)26-20(2,3)27-19/h6-9,15-19,21-22H,4-5,10-12H2,1-3H3/t15-,16-,17+,18-,19-/m1/s1. The molecular formula is C20H30O7. The number of hydrogen-bond donors (Lipinski definition) is 2. The summed E-state index contributed by atoms with van der Waals surface area (Å²) in [6, 6.07) is 7.73. The van der Waals surface area contributed by atoms with Gasteiger partial charge in [-0.15, -0.1) is 0 Å². The summed E-state index contributed by atoms with van der Waals surface area (Å²) in [4.78, 5) is 0. The summed E-state index contributed by atoms with van der Waals surface area (Å²) >= 11 is 0. The van der Waals surface area contributed by atoms with Gasteiger partial charge in [-0.2, -0.15) is 0 Å². The minimum atomic E-state index is -1.06. The van der Waals surface area contributed by atoms with E-state index in [0.717, 1.165) is 24.2 Å². The molecule has 5 atom stereocenters. The number of rotatable bonds is 9. The lowest BCUT2D eigenvalue weighted by molar-refractivity contribution is -0.232. The molecule has 27 heavy (non-hydrogen) atoms. The first-order valence-corrected chi connectivity index (χ1v) is 9.57. The molecule has 2 aliphatic rings. The molecule has 0 saturated carbocycles. The van der Waals surface area contributed by atoms with Crippen LogP contribution in [0.5, 0.6) is 5.75 Å². The first kappa shape index (κ1) is 20.5. The topological polar surface area (TPSA) is 86.6 Å². The molecule has 3 rings (SSSR count). The van der Waals surface area contributed by atoms with Gasteiger partial charge in [0.2, 0.25) is 0 Å². The van der Waals surface area contributed by atoms with Crippen molar-refractivity contribution in [2.45, 2.75) is 76.7 Å². The maximum absolute atomic E-state index is 10.1. The summed E-state index contributed by atoms with van der Waals surface area (Å²) < 4.78 is 29.0. The Balaban J connectivity index is 1.60. The van der Waals surface area contributed by atoms with Crippen molar-refractivity contribution in [3.63, 3.8) is 0 Å². The third kappa shape index (κ3) is 4.99. The molecule has 2 heterocycles. The van der Waals surface area contributed by atoms with Gasteiger partial charge in [0.25, 0.3) is 0 Å². The van der Waals surface area contributed by atoms with Crippen LogP contribution in [0.4, 0.5) is 0 Å². The Hall–Kier alpha value is -1.22. The number of hydrogen-bond acceptors (Lipinski definition) is 7. The fourth-order valence-electron chi connectivity index (χ4n) is 3.32. The number of ether oxygens (including phenoxy) is 5. The van der Waals surface area contributed by atoms with Gasteiger partial charge in [0, 0.05) is 0 Å². The summed E-state index contributed by atoms with van der Waals surface area (Å²) in [5.41, 5.74) is 0.969. The van der Waals surface area contributed by atoms with E-state index in [1.165, 1.54) is 0 Å². The highest BCUT2D eigenvalue weighted by atomic mass is 16.8. The van der Waals surface area contributed by atoms with Gasteiger partial charge >= 0.3 is 0 Å². The van der Waals surface area contributed by atoms with Crippen LogP contribution in [0, 0.1) is 0 Å². The fourth-order valence-corrected chi connectivity index (χ4v) is 3.32. The number of aliphatic hydroxyl groups excluding tert-OH is 2. The minimum absolute atomic E-state index is 0.324. The van der Waals surface area contributed by atoms with Gasteiger partial charge in [-0.05, 0) is 38.0 Å². The maximum atomic E-state index is 10.1. The molecular weight excluding hydrogens is 352 g/mol. The van der Waals surface area contributed by atoms with Gasteiger partial charge in [-0.1, -0.05) is 25.5 Å². The lowest BCUT2D eigenvalue weighted by Gasteiger charge is -2.28. The molecule has 0 aliphatic carbocycles. The fraction of sp³-hybridized carbons (Fsp3) is 0.700. The molecule has 1 aromatic carbocycles. The Morgan fingerprint density at radius 2 is 1.93 bits per heavy atom. The van der Waals surface area contributed by atoms with Gasteiger partial charge in [-0.3, -0.25) is 0 Å². The lowest BCUT2D eigenvalue weighted by atomic mass is 10.1. The van der Waals surface area contributed by atoms with Crippen molar-refractivity contribution in [1.82, 2.24) is 0 Å². The zero-order valence-corrected chi connectivity index (χ0v) is 16.2. The first-order valence-electron chi connectivity index (χ1n) is 9.57. The van der Waals surface area contributed by atoms with Crippen LogP contribution in [0.25, 0.3) is 0 Å². The van der Waals surface area contributed by atoms with Crippen LogP contribution in [0.2, 0.25) is 0 Å². The van der Waals surface area contributed by atoms with Crippen molar-refractivity contribution in [3.8, 4) is 5.75 Å². The van der Waals surface area contributed by atoms with Crippen LogP contribution in [0.3, 0.4) is 0 Å². The van der Waals surface area contributed by atoms with E-state index in [4.69, 9.17) is 23.7 Å². The van der Waals surface area contributed by atoms with Gasteiger partial charge in [0.1, 0.15) is 30.2 Å². The molecule has 7 heteroatoms. The van der Waals surface area contributed by atoms with Gasteiger partial charge in [0.05, 0.1) is 19.8 Å². The monoisotopic (exact) mass is 382 g/mol. The smallest absolute Gasteiger partial charge is 0.190 e. The molecule has 2 N–H and O–H groups in total. The number of fused-ring (bicyclic) bond motifs is 1. The first-order chi connectivity index (χ1) is 12.9. The van der Waals surface area contributed by atoms with Crippen molar-refractivity contribution in [1.29, 1.82) is 0 Å². The summed E-state index contributed by atoms with van der Waals surface area (Å²) in [6.07, 6.45) is -1.26. The highest BCUT2D eigenvalue weighted by Gasteiger charge is 2.56. The third-order valence-electron chi connectivity index (χ3n) is 4.73. The van der Waals surface area contributed by atoms with Crippen molar-refractivity contribution < 1.29 is 33.9 Å². The molecule has 2 fully saturated rings. The maximum Gasteiger partial charge on any atom is 0.190 e. The highest BCUT2D eigenvalue weighted by Crippen LogP contribution is 2.39. The second-order valence-corrected chi connectivity index (χ2v) is 7.44. The number of aliphatic hydroxyl groups is 2. The SMILES string of the molecule is CCCCOc1ccc(CO[C@@H]2[C@H]3OC(C)(C)O[C@H]3O[C@@H]2[C@H](O)CO)cc1. The average molecular weight is 382 g/mol. The molecule has 0 unspecified atom stereocenters. The molecule has 0 bridgehead atoms. The highest BCUT2D eigenvalue weighted by molar-refractivity contribution is 5.26. The van der Waals surface area contributed by atoms with E-state index in [9.17, 15) is 10.2 Å². The van der Waals surface area contributed by atoms with Gasteiger partial charge < -0.3 is 33.9 Å². The van der Waals surface area contributed by atoms with Crippen molar-refractivity contribution in [3.05, 3.63) is 29.8 Å². The van der Waals surface area contributed by atoms with Gasteiger partial charge in [-0.25, -0.2) is 0 Å². The Kier molecular flexibility index (Phi) is 6.73. The zero-order valence-electron chi connectivity index (χ0n) is 16.2. The predicted molar refractivity (Wildman–Crippen MR) is 97.2 cm³/mol. The van der Waals surface area contributed by atoms with E-state index in [1.807, 2.05) is 24.3 Å². The van der Waals surface area contributed by atoms with E-state index in [0.29, 0.717) is 13.2 Å². The Bertz CT molecular complexity index is 588. The van der Waals surface area contributed by atoms with Crippen LogP contribution >= 0.6 is 0 Å². The van der Waals surface area contributed by atoms with Crippen LogP contribution < -0.4 is 4.74 Å². The number of unbranched alkanes of at least 4 members (excludes halogenated alkanes) is 1. The second-order valence-electron chi connectivity index (χ2n) is 7.44. The Morgan fingerprint density at radius 1 is 1.19 bits per heavy atom. The summed E-state index contributed by atoms with van der Waals surface area (Å²) in [5.74, 6) is 0.0585. The largest absolute Gasteiger partial charge is 0.494 e. The predicted octanol–water partition coefficient (Wildman–Crippen LogP) is 1.98. The van der Waals surface area contributed by atoms with Crippen molar-refractivity contribution >= 4 is 0 Å². The van der Waals surface area contributed by atoms with Gasteiger partial charge in [0.15, 0.2) is 12.1 Å². The summed E-state index contributed by atoms with van der Waals surface area (Å²) in [5, 5.41) is 19.4. The molecule has 152 valence electrons. The molecule has 0 radical (unpaired) electrons. The van der Waals surface area contributed by atoms with E-state index >= 15 is 0 Å². The Labute approximate surface area is 160 Å². The van der Waals surface area contributed by atoms with E-state index in [-0.39, 0.29) is 0 Å². The van der Waals surface area contributed by atoms with Crippen LogP contribution in [-0.2, 0) is 25.6 Å². The lowest BCUT2D eigenvalue weighted by Crippen LogP contribution is -2.44. The molecule has 7 nitrogen and oxygen atoms in total. The molecule has 2 aliphatic heterocycles. The van der Waals surface area contributed by atoms with Crippen LogP contribution in [0.15, 0.2) is 24.3 Å². The molecule has 2 saturated heterocycles. The van der Waals surface area contributed by atoms with Crippen molar-refractivity contribution in [2.24, 2.45) is 0 Å². The van der Waals surface area contributed by atoms with Crippen LogP contribution in [-0.4, -0.2) is 59.9 Å². The van der Waals surface area contributed by atoms with E-state index in [1.54, 1.807) is 13.8 Å². The van der Waals surface area contributed by atoms with Crippen molar-refractivity contribution in [2.75, 3.05) is 13.2 Å². The minimum Gasteiger partial charge on any atom is -0.494 e. The summed E-state index contributed by atoms with van der Waals surface area (Å²) in [6.45, 7) is 6.36.